The maximum absolute atomic E-state index is 13.6. The number of nitrogens with zero attached hydrogens (tertiary/aromatic N) is 2. The fourth-order valence-electron chi connectivity index (χ4n) is 3.95. The maximum Gasteiger partial charge on any atom is 0.254 e. The Labute approximate surface area is 190 Å². The zero-order chi connectivity index (χ0) is 19.8. The van der Waals surface area contributed by atoms with Crippen molar-refractivity contribution in [1.82, 2.24) is 20.4 Å². The van der Waals surface area contributed by atoms with Gasteiger partial charge < -0.3 is 15.5 Å². The molecule has 2 aliphatic rings. The van der Waals surface area contributed by atoms with Crippen LogP contribution in [0.25, 0.3) is 0 Å². The lowest BCUT2D eigenvalue weighted by atomic mass is 9.93. The van der Waals surface area contributed by atoms with Crippen molar-refractivity contribution < 1.29 is 14.0 Å². The molecule has 0 aromatic heterocycles. The lowest BCUT2D eigenvalue weighted by Crippen LogP contribution is -2.50. The molecule has 2 amide bonds. The molecule has 170 valence electrons. The molecule has 1 aromatic carbocycles. The lowest BCUT2D eigenvalue weighted by Gasteiger charge is -2.35. The summed E-state index contributed by atoms with van der Waals surface area (Å²) in [5.74, 6) is 0.0667. The molecule has 2 N–H and O–H groups in total. The van der Waals surface area contributed by atoms with Gasteiger partial charge in [-0.1, -0.05) is 12.1 Å². The largest absolute Gasteiger partial charge is 0.351 e. The third-order valence-corrected chi connectivity index (χ3v) is 5.78. The van der Waals surface area contributed by atoms with Gasteiger partial charge in [0.1, 0.15) is 5.82 Å². The van der Waals surface area contributed by atoms with E-state index in [9.17, 15) is 14.0 Å². The number of rotatable bonds is 7. The molecule has 9 heteroatoms. The number of hydrogen-bond acceptors (Lipinski definition) is 4. The number of piperidine rings is 1. The Bertz CT molecular complexity index is 666. The minimum Gasteiger partial charge on any atom is -0.351 e. The van der Waals surface area contributed by atoms with Gasteiger partial charge in [-0.15, -0.1) is 24.8 Å². The van der Waals surface area contributed by atoms with Crippen LogP contribution >= 0.6 is 24.8 Å². The van der Waals surface area contributed by atoms with Crippen molar-refractivity contribution >= 4 is 36.6 Å². The molecule has 0 radical (unpaired) electrons. The smallest absolute Gasteiger partial charge is 0.254 e. The molecule has 2 heterocycles. The molecule has 3 rings (SSSR count). The van der Waals surface area contributed by atoms with Gasteiger partial charge in [0, 0.05) is 45.7 Å². The fraction of sp³-hybridized carbons (Fsp3) is 0.619. The van der Waals surface area contributed by atoms with Crippen molar-refractivity contribution in [3.63, 3.8) is 0 Å². The number of benzene rings is 1. The highest BCUT2D eigenvalue weighted by atomic mass is 35.5. The van der Waals surface area contributed by atoms with Gasteiger partial charge in [-0.2, -0.15) is 0 Å². The molecule has 0 atom stereocenters. The molecule has 2 fully saturated rings. The van der Waals surface area contributed by atoms with E-state index >= 15 is 0 Å². The highest BCUT2D eigenvalue weighted by Gasteiger charge is 2.22. The molecule has 6 nitrogen and oxygen atoms in total. The Balaban J connectivity index is 0.00000225. The number of carbonyl (C=O) groups excluding carboxylic acids is 2. The molecular formula is C21H33Cl2FN4O2. The first-order valence-corrected chi connectivity index (χ1v) is 10.4. The Morgan fingerprint density at radius 1 is 1.07 bits per heavy atom. The van der Waals surface area contributed by atoms with Gasteiger partial charge >= 0.3 is 0 Å². The average molecular weight is 463 g/mol. The Hall–Kier alpha value is -1.41. The molecular weight excluding hydrogens is 430 g/mol. The summed E-state index contributed by atoms with van der Waals surface area (Å²) in [4.78, 5) is 28.7. The Morgan fingerprint density at radius 2 is 1.73 bits per heavy atom. The van der Waals surface area contributed by atoms with Crippen molar-refractivity contribution in [3.05, 3.63) is 35.6 Å². The second-order valence-corrected chi connectivity index (χ2v) is 7.69. The molecule has 2 saturated heterocycles. The molecule has 0 bridgehead atoms. The summed E-state index contributed by atoms with van der Waals surface area (Å²) in [6, 6.07) is 5.99. The summed E-state index contributed by atoms with van der Waals surface area (Å²) < 4.78 is 13.6. The second kappa shape index (κ2) is 13.8. The number of hydrogen-bond donors (Lipinski definition) is 2. The maximum atomic E-state index is 13.6. The van der Waals surface area contributed by atoms with Crippen molar-refractivity contribution in [1.29, 1.82) is 0 Å². The summed E-state index contributed by atoms with van der Waals surface area (Å²) in [5, 5.41) is 6.13. The molecule has 0 unspecified atom stereocenters. The van der Waals surface area contributed by atoms with E-state index in [2.05, 4.69) is 15.5 Å². The molecule has 0 spiro atoms. The summed E-state index contributed by atoms with van der Waals surface area (Å²) in [5.41, 5.74) is 0.0756. The van der Waals surface area contributed by atoms with E-state index in [1.807, 2.05) is 4.90 Å². The number of nitrogens with one attached hydrogen (secondary N) is 2. The number of piperazine rings is 1. The average Bonchev–Trinajstić information content (AvgIpc) is 2.73. The topological polar surface area (TPSA) is 64.7 Å². The Kier molecular flexibility index (Phi) is 12.3. The first-order valence-electron chi connectivity index (χ1n) is 10.4. The summed E-state index contributed by atoms with van der Waals surface area (Å²) in [6.07, 6.45) is 4.02. The van der Waals surface area contributed by atoms with Crippen molar-refractivity contribution in [2.24, 2.45) is 5.92 Å². The Morgan fingerprint density at radius 3 is 2.40 bits per heavy atom. The summed E-state index contributed by atoms with van der Waals surface area (Å²) in [7, 11) is 0. The van der Waals surface area contributed by atoms with Gasteiger partial charge in [0.2, 0.25) is 5.91 Å². The van der Waals surface area contributed by atoms with Crippen LogP contribution < -0.4 is 10.6 Å². The zero-order valence-electron chi connectivity index (χ0n) is 17.3. The van der Waals surface area contributed by atoms with E-state index in [0.29, 0.717) is 25.4 Å². The first-order chi connectivity index (χ1) is 13.6. The van der Waals surface area contributed by atoms with Gasteiger partial charge in [-0.25, -0.2) is 4.39 Å². The van der Waals surface area contributed by atoms with E-state index in [-0.39, 0.29) is 42.2 Å². The lowest BCUT2D eigenvalue weighted by molar-refractivity contribution is -0.133. The van der Waals surface area contributed by atoms with E-state index in [1.165, 1.54) is 25.0 Å². The number of carbonyl (C=O) groups is 2. The van der Waals surface area contributed by atoms with Gasteiger partial charge in [-0.05, 0) is 50.4 Å². The van der Waals surface area contributed by atoms with Crippen LogP contribution in [0.3, 0.4) is 0 Å². The van der Waals surface area contributed by atoms with Crippen LogP contribution in [0.15, 0.2) is 24.3 Å². The summed E-state index contributed by atoms with van der Waals surface area (Å²) in [6.45, 7) is 6.44. The van der Waals surface area contributed by atoms with E-state index in [1.54, 1.807) is 12.1 Å². The highest BCUT2D eigenvalue weighted by Crippen LogP contribution is 2.18. The van der Waals surface area contributed by atoms with Crippen molar-refractivity contribution in [2.75, 3.05) is 52.4 Å². The molecule has 0 saturated carbocycles. The van der Waals surface area contributed by atoms with Crippen LogP contribution in [0.5, 0.6) is 0 Å². The van der Waals surface area contributed by atoms with E-state index in [4.69, 9.17) is 0 Å². The molecule has 0 aliphatic carbocycles. The molecule has 2 aliphatic heterocycles. The number of amides is 2. The van der Waals surface area contributed by atoms with Crippen LogP contribution in [-0.2, 0) is 4.79 Å². The van der Waals surface area contributed by atoms with Crippen LogP contribution in [0, 0.1) is 11.7 Å². The van der Waals surface area contributed by atoms with Gasteiger partial charge in [0.05, 0.1) is 5.56 Å². The van der Waals surface area contributed by atoms with Crippen LogP contribution in [0.2, 0.25) is 0 Å². The SMILES string of the molecule is Cl.Cl.O=C(NCCN1CCN(C(=O)CCC2CCNCC2)CC1)c1ccccc1F. The van der Waals surface area contributed by atoms with E-state index in [0.717, 1.165) is 45.7 Å². The van der Waals surface area contributed by atoms with Crippen LogP contribution in [0.4, 0.5) is 4.39 Å². The zero-order valence-corrected chi connectivity index (χ0v) is 18.9. The van der Waals surface area contributed by atoms with Gasteiger partial charge in [0.25, 0.3) is 5.91 Å². The second-order valence-electron chi connectivity index (χ2n) is 7.69. The van der Waals surface area contributed by atoms with Gasteiger partial charge in [0.15, 0.2) is 0 Å². The van der Waals surface area contributed by atoms with Crippen LogP contribution in [0.1, 0.15) is 36.0 Å². The minimum absolute atomic E-state index is 0. The summed E-state index contributed by atoms with van der Waals surface area (Å²) >= 11 is 0. The predicted octanol–water partition coefficient (Wildman–Crippen LogP) is 2.32. The quantitative estimate of drug-likeness (QED) is 0.652. The predicted molar refractivity (Wildman–Crippen MR) is 121 cm³/mol. The molecule has 1 aromatic rings. The monoisotopic (exact) mass is 462 g/mol. The van der Waals surface area contributed by atoms with Crippen molar-refractivity contribution in [2.45, 2.75) is 25.7 Å². The first kappa shape index (κ1) is 26.6. The third kappa shape index (κ3) is 8.02. The highest BCUT2D eigenvalue weighted by molar-refractivity contribution is 5.94. The fourth-order valence-corrected chi connectivity index (χ4v) is 3.95. The third-order valence-electron chi connectivity index (χ3n) is 5.78. The van der Waals surface area contributed by atoms with Crippen LogP contribution in [-0.4, -0.2) is 74.0 Å². The normalized spacial score (nSPS) is 17.6. The molecule has 30 heavy (non-hydrogen) atoms. The van der Waals surface area contributed by atoms with E-state index < -0.39 is 5.82 Å². The standard InChI is InChI=1S/C21H31FN4O2.2ClH/c22-19-4-2-1-3-18(19)21(28)24-11-12-25-13-15-26(16-14-25)20(27)6-5-17-7-9-23-10-8-17;;/h1-4,17,23H,5-16H2,(H,24,28);2*1H. The van der Waals surface area contributed by atoms with Gasteiger partial charge in [-0.3, -0.25) is 14.5 Å². The minimum atomic E-state index is -0.503. The number of halogens is 3. The van der Waals surface area contributed by atoms with Crippen molar-refractivity contribution in [3.8, 4) is 0 Å².